The maximum absolute atomic E-state index is 12.2. The molecule has 0 radical (unpaired) electrons. The van der Waals surface area contributed by atoms with Gasteiger partial charge in [0.15, 0.2) is 6.29 Å². The lowest BCUT2D eigenvalue weighted by Gasteiger charge is -2.77. The number of hydrogen-bond acceptors (Lipinski definition) is 7. The second kappa shape index (κ2) is 7.00. The molecule has 7 nitrogen and oxygen atoms in total. The van der Waals surface area contributed by atoms with Crippen molar-refractivity contribution in [3.8, 4) is 0 Å². The molecule has 5 N–H and O–H groups in total. The molecule has 182 valence electrons. The van der Waals surface area contributed by atoms with Crippen LogP contribution in [0.5, 0.6) is 0 Å². The van der Waals surface area contributed by atoms with Gasteiger partial charge in [-0.3, -0.25) is 0 Å². The van der Waals surface area contributed by atoms with Crippen LogP contribution in [0, 0.1) is 39.9 Å². The van der Waals surface area contributed by atoms with Crippen LogP contribution in [-0.4, -0.2) is 68.6 Å². The van der Waals surface area contributed by atoms with Gasteiger partial charge in [0, 0.05) is 23.2 Å². The predicted molar refractivity (Wildman–Crippen MR) is 116 cm³/mol. The predicted octanol–water partition coefficient (Wildman–Crippen LogP) is 1.56. The van der Waals surface area contributed by atoms with E-state index in [1.807, 2.05) is 0 Å². The molecule has 6 aliphatic rings. The van der Waals surface area contributed by atoms with Gasteiger partial charge in [-0.15, -0.1) is 0 Å². The first-order chi connectivity index (χ1) is 14.9. The first-order valence-corrected chi connectivity index (χ1v) is 12.3. The molecule has 6 fully saturated rings. The van der Waals surface area contributed by atoms with Gasteiger partial charge in [-0.2, -0.15) is 0 Å². The normalized spacial score (nSPS) is 55.8. The number of aliphatic hydroxyl groups excluding tert-OH is 4. The van der Waals surface area contributed by atoms with E-state index < -0.39 is 65.1 Å². The summed E-state index contributed by atoms with van der Waals surface area (Å²) in [6.45, 7) is 12.8. The van der Waals surface area contributed by atoms with Crippen LogP contribution in [0.15, 0.2) is 12.2 Å². The summed E-state index contributed by atoms with van der Waals surface area (Å²) in [7, 11) is 0. The van der Waals surface area contributed by atoms with Gasteiger partial charge >= 0.3 is 0 Å². The molecule has 4 saturated carbocycles. The number of fused-ring (bicyclic) bond motifs is 2. The summed E-state index contributed by atoms with van der Waals surface area (Å²) >= 11 is 0. The van der Waals surface area contributed by atoms with Crippen LogP contribution in [-0.2, 0) is 9.47 Å². The molecule has 2 saturated heterocycles. The minimum atomic E-state index is -2.26. The third-order valence-corrected chi connectivity index (χ3v) is 10.0. The van der Waals surface area contributed by atoms with Gasteiger partial charge in [0.2, 0.25) is 5.79 Å². The molecule has 32 heavy (non-hydrogen) atoms. The first kappa shape index (κ1) is 23.2. The summed E-state index contributed by atoms with van der Waals surface area (Å²) in [5.74, 6) is -3.50. The fourth-order valence-electron chi connectivity index (χ4n) is 8.89. The van der Waals surface area contributed by atoms with Gasteiger partial charge in [-0.1, -0.05) is 40.7 Å². The lowest BCUT2D eigenvalue weighted by Crippen LogP contribution is -2.87. The molecular formula is C25H40O7. The zero-order valence-corrected chi connectivity index (χ0v) is 19.7. The Kier molecular flexibility index (Phi) is 5.08. The van der Waals surface area contributed by atoms with Crippen LogP contribution in [0.1, 0.15) is 59.8 Å². The number of ether oxygens (including phenoxy) is 2. The Morgan fingerprint density at radius 3 is 2.44 bits per heavy atom. The van der Waals surface area contributed by atoms with Gasteiger partial charge in [-0.25, -0.2) is 0 Å². The van der Waals surface area contributed by atoms with Crippen LogP contribution >= 0.6 is 0 Å². The molecule has 2 spiro atoms. The Labute approximate surface area is 190 Å². The van der Waals surface area contributed by atoms with Crippen molar-refractivity contribution in [1.82, 2.24) is 0 Å². The lowest BCUT2D eigenvalue weighted by atomic mass is 9.35. The summed E-state index contributed by atoms with van der Waals surface area (Å²) in [5.41, 5.74) is -2.44. The fourth-order valence-corrected chi connectivity index (χ4v) is 8.89. The standard InChI is InChI=1S/C25H40O7/c1-12(2)7-10-31-21-23-9-6-8-22(4,5)17(23)20(29)25(30,32-21)24-16(23)15(26)11-14(19(24)28)13(3)18(24)27/h12,14-21,26-30H,3,6-11H2,1-2,4-5H3/t14-,15-,16-,17+,18+,19+,20-,21-,23+,24-,25+/m0/s1. The van der Waals surface area contributed by atoms with Crippen molar-refractivity contribution in [2.45, 2.75) is 96.3 Å². The van der Waals surface area contributed by atoms with E-state index in [-0.39, 0.29) is 11.8 Å². The van der Waals surface area contributed by atoms with E-state index in [1.54, 1.807) is 0 Å². The molecular weight excluding hydrogens is 412 g/mol. The molecule has 0 aromatic heterocycles. The van der Waals surface area contributed by atoms with Gasteiger partial charge < -0.3 is 35.0 Å². The van der Waals surface area contributed by atoms with Gasteiger partial charge in [0.05, 0.1) is 30.3 Å². The van der Waals surface area contributed by atoms with Crippen LogP contribution in [0.3, 0.4) is 0 Å². The number of hydrogen-bond donors (Lipinski definition) is 5. The maximum atomic E-state index is 12.2. The molecule has 0 amide bonds. The Bertz CT molecular complexity index is 797. The molecule has 11 atom stereocenters. The molecule has 2 aliphatic heterocycles. The maximum Gasteiger partial charge on any atom is 0.206 e. The van der Waals surface area contributed by atoms with Crippen molar-refractivity contribution in [2.75, 3.05) is 6.61 Å². The van der Waals surface area contributed by atoms with Gasteiger partial charge in [-0.05, 0) is 42.6 Å². The summed E-state index contributed by atoms with van der Waals surface area (Å²) in [5, 5.41) is 58.3. The van der Waals surface area contributed by atoms with E-state index >= 15 is 0 Å². The molecule has 4 bridgehead atoms. The zero-order valence-electron chi connectivity index (χ0n) is 19.7. The molecule has 6 rings (SSSR count). The summed E-state index contributed by atoms with van der Waals surface area (Å²) in [6.07, 6.45) is -2.10. The largest absolute Gasteiger partial charge is 0.393 e. The number of aliphatic hydroxyl groups is 5. The molecule has 0 unspecified atom stereocenters. The van der Waals surface area contributed by atoms with E-state index in [0.29, 0.717) is 24.5 Å². The second-order valence-corrected chi connectivity index (χ2v) is 12.3. The third-order valence-electron chi connectivity index (χ3n) is 10.0. The Balaban J connectivity index is 1.72. The minimum Gasteiger partial charge on any atom is -0.393 e. The average Bonchev–Trinajstić information content (AvgIpc) is 2.80. The SMILES string of the molecule is C=C1[C@@H](O)[C@]23[C@H](O)[C@H]1C[C@H](O)[C@H]2[C@]12CCCC(C)(C)[C@H]1[C@H](O)[C@@]3(O)O[C@@H]2OCCC(C)C. The highest BCUT2D eigenvalue weighted by Gasteiger charge is 2.88. The van der Waals surface area contributed by atoms with Gasteiger partial charge in [0.25, 0.3) is 0 Å². The molecule has 0 aromatic carbocycles. The van der Waals surface area contributed by atoms with Crippen LogP contribution in [0.25, 0.3) is 0 Å². The van der Waals surface area contributed by atoms with Crippen LogP contribution < -0.4 is 0 Å². The van der Waals surface area contributed by atoms with Crippen molar-refractivity contribution < 1.29 is 35.0 Å². The van der Waals surface area contributed by atoms with E-state index in [1.165, 1.54) is 0 Å². The zero-order chi connectivity index (χ0) is 23.4. The quantitative estimate of drug-likeness (QED) is 0.411. The second-order valence-electron chi connectivity index (χ2n) is 12.3. The van der Waals surface area contributed by atoms with E-state index in [4.69, 9.17) is 9.47 Å². The summed E-state index contributed by atoms with van der Waals surface area (Å²) in [4.78, 5) is 0. The fraction of sp³-hybridized carbons (Fsp3) is 0.920. The average molecular weight is 453 g/mol. The highest BCUT2D eigenvalue weighted by atomic mass is 16.8. The van der Waals surface area contributed by atoms with Crippen molar-refractivity contribution >= 4 is 0 Å². The van der Waals surface area contributed by atoms with E-state index in [9.17, 15) is 25.5 Å². The van der Waals surface area contributed by atoms with Crippen LogP contribution in [0.4, 0.5) is 0 Å². The smallest absolute Gasteiger partial charge is 0.206 e. The molecule has 2 heterocycles. The number of rotatable bonds is 4. The van der Waals surface area contributed by atoms with Gasteiger partial charge in [0.1, 0.15) is 6.10 Å². The monoisotopic (exact) mass is 452 g/mol. The first-order valence-electron chi connectivity index (χ1n) is 12.3. The Morgan fingerprint density at radius 1 is 1.09 bits per heavy atom. The van der Waals surface area contributed by atoms with Crippen molar-refractivity contribution in [2.24, 2.45) is 39.9 Å². The van der Waals surface area contributed by atoms with E-state index in [2.05, 4.69) is 34.3 Å². The topological polar surface area (TPSA) is 120 Å². The minimum absolute atomic E-state index is 0.267. The highest BCUT2D eigenvalue weighted by Crippen LogP contribution is 2.78. The molecule has 0 aromatic rings. The lowest BCUT2D eigenvalue weighted by molar-refractivity contribution is -0.523. The Hall–Kier alpha value is -0.540. The summed E-state index contributed by atoms with van der Waals surface area (Å²) < 4.78 is 12.6. The van der Waals surface area contributed by atoms with E-state index in [0.717, 1.165) is 19.3 Å². The third kappa shape index (κ3) is 2.41. The molecule has 4 aliphatic carbocycles. The van der Waals surface area contributed by atoms with Crippen molar-refractivity contribution in [1.29, 1.82) is 0 Å². The molecule has 7 heteroatoms. The van der Waals surface area contributed by atoms with Crippen molar-refractivity contribution in [3.63, 3.8) is 0 Å². The summed E-state index contributed by atoms with van der Waals surface area (Å²) in [6, 6.07) is 0. The van der Waals surface area contributed by atoms with Crippen molar-refractivity contribution in [3.05, 3.63) is 12.2 Å². The van der Waals surface area contributed by atoms with Crippen LogP contribution in [0.2, 0.25) is 0 Å². The Morgan fingerprint density at radius 2 is 1.78 bits per heavy atom. The highest BCUT2D eigenvalue weighted by molar-refractivity contribution is 5.38.